The highest BCUT2D eigenvalue weighted by atomic mass is 16.3. The molecular weight excluding hydrogens is 252 g/mol. The van der Waals surface area contributed by atoms with Crippen LogP contribution in [0.2, 0.25) is 0 Å². The van der Waals surface area contributed by atoms with Gasteiger partial charge in [0.15, 0.2) is 5.76 Å². The molecule has 20 heavy (non-hydrogen) atoms. The summed E-state index contributed by atoms with van der Waals surface area (Å²) in [6.45, 7) is 4.74. The van der Waals surface area contributed by atoms with Crippen molar-refractivity contribution in [3.05, 3.63) is 46.9 Å². The molecule has 0 aliphatic carbocycles. The third-order valence-corrected chi connectivity index (χ3v) is 3.55. The van der Waals surface area contributed by atoms with Gasteiger partial charge in [-0.05, 0) is 56.5 Å². The Hall–Kier alpha value is -2.23. The standard InChI is InChI=1S/C16H18N2O2/c1-10-8-11(2)20-15(10)16(19)18-13-5-6-14-12(9-13)4-3-7-17-14/h5-6,8-9,17H,3-4,7H2,1-2H3,(H,18,19). The lowest BCUT2D eigenvalue weighted by atomic mass is 10.0. The zero-order valence-electron chi connectivity index (χ0n) is 11.7. The first kappa shape index (κ1) is 12.8. The summed E-state index contributed by atoms with van der Waals surface area (Å²) >= 11 is 0. The van der Waals surface area contributed by atoms with Gasteiger partial charge in [-0.25, -0.2) is 0 Å². The molecule has 2 heterocycles. The highest BCUT2D eigenvalue weighted by molar-refractivity contribution is 6.03. The maximum absolute atomic E-state index is 12.2. The van der Waals surface area contributed by atoms with Gasteiger partial charge in [0.1, 0.15) is 5.76 Å². The number of carbonyl (C=O) groups is 1. The van der Waals surface area contributed by atoms with Gasteiger partial charge in [0, 0.05) is 23.5 Å². The molecule has 0 saturated heterocycles. The number of aryl methyl sites for hydroxylation is 3. The summed E-state index contributed by atoms with van der Waals surface area (Å²) < 4.78 is 5.44. The Kier molecular flexibility index (Phi) is 3.22. The van der Waals surface area contributed by atoms with Crippen molar-refractivity contribution in [2.45, 2.75) is 26.7 Å². The summed E-state index contributed by atoms with van der Waals surface area (Å²) in [6, 6.07) is 7.83. The molecule has 1 aromatic heterocycles. The van der Waals surface area contributed by atoms with Crippen molar-refractivity contribution in [3.8, 4) is 0 Å². The van der Waals surface area contributed by atoms with Crippen molar-refractivity contribution in [3.63, 3.8) is 0 Å². The monoisotopic (exact) mass is 270 g/mol. The van der Waals surface area contributed by atoms with E-state index in [0.717, 1.165) is 36.4 Å². The topological polar surface area (TPSA) is 54.3 Å². The molecule has 4 nitrogen and oxygen atoms in total. The minimum Gasteiger partial charge on any atom is -0.456 e. The zero-order chi connectivity index (χ0) is 14.1. The molecule has 2 N–H and O–H groups in total. The van der Waals surface area contributed by atoms with Crippen molar-refractivity contribution in [1.29, 1.82) is 0 Å². The minimum absolute atomic E-state index is 0.195. The molecular formula is C16H18N2O2. The molecule has 2 aromatic rings. The predicted octanol–water partition coefficient (Wildman–Crippen LogP) is 3.51. The largest absolute Gasteiger partial charge is 0.456 e. The zero-order valence-corrected chi connectivity index (χ0v) is 11.7. The van der Waals surface area contributed by atoms with Crippen LogP contribution in [-0.4, -0.2) is 12.5 Å². The maximum atomic E-state index is 12.2. The van der Waals surface area contributed by atoms with Gasteiger partial charge in [0.05, 0.1) is 0 Å². The summed E-state index contributed by atoms with van der Waals surface area (Å²) in [6.07, 6.45) is 2.17. The van der Waals surface area contributed by atoms with E-state index in [2.05, 4.69) is 10.6 Å². The van der Waals surface area contributed by atoms with Crippen LogP contribution >= 0.6 is 0 Å². The average molecular weight is 270 g/mol. The number of anilines is 2. The number of furan rings is 1. The van der Waals surface area contributed by atoms with E-state index in [1.54, 1.807) is 0 Å². The molecule has 3 rings (SSSR count). The molecule has 0 fully saturated rings. The summed E-state index contributed by atoms with van der Waals surface area (Å²) in [5.41, 5.74) is 4.09. The number of hydrogen-bond donors (Lipinski definition) is 2. The first-order valence-electron chi connectivity index (χ1n) is 6.88. The first-order valence-corrected chi connectivity index (χ1v) is 6.88. The van der Waals surface area contributed by atoms with E-state index in [1.807, 2.05) is 38.1 Å². The van der Waals surface area contributed by atoms with Crippen LogP contribution in [0.1, 0.15) is 33.9 Å². The van der Waals surface area contributed by atoms with Gasteiger partial charge in [-0.15, -0.1) is 0 Å². The fourth-order valence-electron chi connectivity index (χ4n) is 2.61. The van der Waals surface area contributed by atoms with Gasteiger partial charge >= 0.3 is 0 Å². The Labute approximate surface area is 118 Å². The van der Waals surface area contributed by atoms with E-state index < -0.39 is 0 Å². The van der Waals surface area contributed by atoms with Crippen molar-refractivity contribution >= 4 is 17.3 Å². The fourth-order valence-corrected chi connectivity index (χ4v) is 2.61. The summed E-state index contributed by atoms with van der Waals surface area (Å²) in [5.74, 6) is 0.944. The van der Waals surface area contributed by atoms with E-state index >= 15 is 0 Å². The number of benzene rings is 1. The van der Waals surface area contributed by atoms with Gasteiger partial charge in [0.2, 0.25) is 0 Å². The molecule has 4 heteroatoms. The second-order valence-corrected chi connectivity index (χ2v) is 5.23. The van der Waals surface area contributed by atoms with E-state index in [-0.39, 0.29) is 5.91 Å². The van der Waals surface area contributed by atoms with Crippen LogP contribution in [0.25, 0.3) is 0 Å². The number of nitrogens with one attached hydrogen (secondary N) is 2. The molecule has 0 spiro atoms. The highest BCUT2D eigenvalue weighted by Crippen LogP contribution is 2.25. The maximum Gasteiger partial charge on any atom is 0.291 e. The lowest BCUT2D eigenvalue weighted by molar-refractivity contribution is 0.0994. The van der Waals surface area contributed by atoms with Crippen molar-refractivity contribution in [2.24, 2.45) is 0 Å². The van der Waals surface area contributed by atoms with Crippen LogP contribution in [0, 0.1) is 13.8 Å². The number of hydrogen-bond acceptors (Lipinski definition) is 3. The molecule has 0 radical (unpaired) electrons. The Morgan fingerprint density at radius 3 is 2.90 bits per heavy atom. The number of rotatable bonds is 2. The Morgan fingerprint density at radius 1 is 1.30 bits per heavy atom. The number of fused-ring (bicyclic) bond motifs is 1. The third kappa shape index (κ3) is 2.41. The van der Waals surface area contributed by atoms with E-state index in [1.165, 1.54) is 11.3 Å². The van der Waals surface area contributed by atoms with E-state index in [4.69, 9.17) is 4.42 Å². The molecule has 1 amide bonds. The van der Waals surface area contributed by atoms with Crippen LogP contribution < -0.4 is 10.6 Å². The third-order valence-electron chi connectivity index (χ3n) is 3.55. The van der Waals surface area contributed by atoms with Crippen LogP contribution in [0.15, 0.2) is 28.7 Å². The van der Waals surface area contributed by atoms with Crippen LogP contribution in [0.3, 0.4) is 0 Å². The molecule has 1 aliphatic heterocycles. The smallest absolute Gasteiger partial charge is 0.291 e. The van der Waals surface area contributed by atoms with Crippen molar-refractivity contribution in [1.82, 2.24) is 0 Å². The molecule has 0 unspecified atom stereocenters. The second kappa shape index (κ2) is 5.04. The molecule has 1 aliphatic rings. The van der Waals surface area contributed by atoms with Crippen molar-refractivity contribution in [2.75, 3.05) is 17.2 Å². The van der Waals surface area contributed by atoms with Gasteiger partial charge in [-0.2, -0.15) is 0 Å². The SMILES string of the molecule is Cc1cc(C)c(C(=O)Nc2ccc3c(c2)CCCN3)o1. The molecule has 0 bridgehead atoms. The number of carbonyl (C=O) groups excluding carboxylic acids is 1. The predicted molar refractivity (Wildman–Crippen MR) is 79.4 cm³/mol. The van der Waals surface area contributed by atoms with Crippen LogP contribution in [-0.2, 0) is 6.42 Å². The summed E-state index contributed by atoms with van der Waals surface area (Å²) in [7, 11) is 0. The van der Waals surface area contributed by atoms with Gasteiger partial charge in [-0.3, -0.25) is 4.79 Å². The molecule has 1 aromatic carbocycles. The molecule has 104 valence electrons. The van der Waals surface area contributed by atoms with Crippen LogP contribution in [0.4, 0.5) is 11.4 Å². The van der Waals surface area contributed by atoms with Gasteiger partial charge in [0.25, 0.3) is 5.91 Å². The average Bonchev–Trinajstić information content (AvgIpc) is 2.78. The number of amides is 1. The summed E-state index contributed by atoms with van der Waals surface area (Å²) in [5, 5.41) is 6.26. The second-order valence-electron chi connectivity index (χ2n) is 5.23. The summed E-state index contributed by atoms with van der Waals surface area (Å²) in [4.78, 5) is 12.2. The van der Waals surface area contributed by atoms with E-state index in [0.29, 0.717) is 5.76 Å². The fraction of sp³-hybridized carbons (Fsp3) is 0.312. The normalized spacial score (nSPS) is 13.5. The lowest BCUT2D eigenvalue weighted by Crippen LogP contribution is -2.14. The Bertz CT molecular complexity index is 658. The Morgan fingerprint density at radius 2 is 2.15 bits per heavy atom. The first-order chi connectivity index (χ1) is 9.63. The van der Waals surface area contributed by atoms with Gasteiger partial charge in [-0.1, -0.05) is 0 Å². The lowest BCUT2D eigenvalue weighted by Gasteiger charge is -2.18. The van der Waals surface area contributed by atoms with Crippen LogP contribution in [0.5, 0.6) is 0 Å². The highest BCUT2D eigenvalue weighted by Gasteiger charge is 2.15. The minimum atomic E-state index is -0.195. The molecule has 0 atom stereocenters. The van der Waals surface area contributed by atoms with Crippen molar-refractivity contribution < 1.29 is 9.21 Å². The van der Waals surface area contributed by atoms with Gasteiger partial charge < -0.3 is 15.1 Å². The van der Waals surface area contributed by atoms with E-state index in [9.17, 15) is 4.79 Å². The quantitative estimate of drug-likeness (QED) is 0.878. The molecule has 0 saturated carbocycles. The Balaban J connectivity index is 1.81.